The molecular weight excluding hydrogens is 126 g/mol. The van der Waals surface area contributed by atoms with E-state index < -0.39 is 0 Å². The van der Waals surface area contributed by atoms with Gasteiger partial charge in [0.05, 0.1) is 0 Å². The first-order chi connectivity index (χ1) is 4.42. The highest BCUT2D eigenvalue weighted by molar-refractivity contribution is 4.86. The third kappa shape index (κ3) is 1.94. The predicted molar refractivity (Wildman–Crippen MR) is 44.6 cm³/mol. The van der Waals surface area contributed by atoms with Crippen LogP contribution >= 0.6 is 0 Å². The van der Waals surface area contributed by atoms with Crippen molar-refractivity contribution in [1.82, 2.24) is 10.3 Å². The Balaban J connectivity index is 4.09. The molecule has 3 heteroatoms. The number of rotatable bonds is 3. The number of likely N-dealkylation sites (N-methyl/N-ethyl adjacent to an activating group) is 1. The summed E-state index contributed by atoms with van der Waals surface area (Å²) in [5.74, 6) is 5.32. The fraction of sp³-hybridized carbons (Fsp3) is 1.00. The molecule has 0 aliphatic heterocycles. The molecule has 0 heterocycles. The van der Waals surface area contributed by atoms with E-state index in [2.05, 4.69) is 31.1 Å². The largest absolute Gasteiger partial charge is 0.303 e. The summed E-state index contributed by atoms with van der Waals surface area (Å²) in [7, 11) is 4.10. The molecule has 3 nitrogen and oxygen atoms in total. The van der Waals surface area contributed by atoms with Gasteiger partial charge in [0.1, 0.15) is 0 Å². The number of hydrogen-bond donors (Lipinski definition) is 2. The lowest BCUT2D eigenvalue weighted by atomic mass is 9.95. The summed E-state index contributed by atoms with van der Waals surface area (Å²) in [6, 6.07) is 0.294. The standard InChI is InChI=1S/C7H19N3/c1-6(9-8)7(2,3)10(4)5/h6,9H,8H2,1-5H3. The van der Waals surface area contributed by atoms with E-state index >= 15 is 0 Å². The van der Waals surface area contributed by atoms with Gasteiger partial charge in [-0.15, -0.1) is 0 Å². The molecule has 0 spiro atoms. The molecule has 0 saturated carbocycles. The lowest BCUT2D eigenvalue weighted by molar-refractivity contribution is 0.147. The van der Waals surface area contributed by atoms with Gasteiger partial charge < -0.3 is 4.90 Å². The van der Waals surface area contributed by atoms with Crippen LogP contribution in [-0.4, -0.2) is 30.6 Å². The second kappa shape index (κ2) is 3.32. The van der Waals surface area contributed by atoms with Crippen LogP contribution in [0.4, 0.5) is 0 Å². The van der Waals surface area contributed by atoms with E-state index in [0.29, 0.717) is 6.04 Å². The van der Waals surface area contributed by atoms with Crippen LogP contribution in [0.25, 0.3) is 0 Å². The van der Waals surface area contributed by atoms with Crippen LogP contribution in [0.2, 0.25) is 0 Å². The summed E-state index contributed by atoms with van der Waals surface area (Å²) in [4.78, 5) is 2.15. The van der Waals surface area contributed by atoms with Crippen molar-refractivity contribution < 1.29 is 0 Å². The van der Waals surface area contributed by atoms with Crippen LogP contribution in [0.1, 0.15) is 20.8 Å². The van der Waals surface area contributed by atoms with Gasteiger partial charge in [-0.3, -0.25) is 11.3 Å². The predicted octanol–water partition coefficient (Wildman–Crippen LogP) is 0.178. The van der Waals surface area contributed by atoms with Crippen LogP contribution in [0.15, 0.2) is 0 Å². The Bertz CT molecular complexity index is 99.0. The minimum Gasteiger partial charge on any atom is -0.303 e. The second-order valence-electron chi connectivity index (χ2n) is 3.44. The van der Waals surface area contributed by atoms with Gasteiger partial charge in [0.2, 0.25) is 0 Å². The number of hydrazine groups is 1. The molecule has 0 bridgehead atoms. The van der Waals surface area contributed by atoms with E-state index in [1.165, 1.54) is 0 Å². The summed E-state index contributed by atoms with van der Waals surface area (Å²) in [6.07, 6.45) is 0. The monoisotopic (exact) mass is 145 g/mol. The Morgan fingerprint density at radius 3 is 1.90 bits per heavy atom. The Kier molecular flexibility index (Phi) is 3.28. The van der Waals surface area contributed by atoms with E-state index in [-0.39, 0.29) is 5.54 Å². The zero-order chi connectivity index (χ0) is 8.36. The minimum absolute atomic E-state index is 0.106. The first-order valence-electron chi connectivity index (χ1n) is 3.56. The highest BCUT2D eigenvalue weighted by atomic mass is 15.3. The van der Waals surface area contributed by atoms with Gasteiger partial charge in [0.15, 0.2) is 0 Å². The molecule has 0 aliphatic carbocycles. The fourth-order valence-corrected chi connectivity index (χ4v) is 0.591. The molecule has 0 radical (unpaired) electrons. The average Bonchev–Trinajstić information content (AvgIpc) is 1.86. The van der Waals surface area contributed by atoms with Crippen LogP contribution in [-0.2, 0) is 0 Å². The highest BCUT2D eigenvalue weighted by Gasteiger charge is 2.26. The molecular formula is C7H19N3. The quantitative estimate of drug-likeness (QED) is 0.439. The lowest BCUT2D eigenvalue weighted by Gasteiger charge is -2.37. The van der Waals surface area contributed by atoms with E-state index in [1.54, 1.807) is 0 Å². The fourth-order valence-electron chi connectivity index (χ4n) is 0.591. The van der Waals surface area contributed by atoms with Gasteiger partial charge in [-0.1, -0.05) is 0 Å². The lowest BCUT2D eigenvalue weighted by Crippen LogP contribution is -2.55. The first-order valence-corrected chi connectivity index (χ1v) is 3.56. The van der Waals surface area contributed by atoms with Gasteiger partial charge in [0.25, 0.3) is 0 Å². The summed E-state index contributed by atoms with van der Waals surface area (Å²) >= 11 is 0. The van der Waals surface area contributed by atoms with Crippen LogP contribution in [0.3, 0.4) is 0 Å². The van der Waals surface area contributed by atoms with Gasteiger partial charge in [-0.05, 0) is 34.9 Å². The number of nitrogens with zero attached hydrogens (tertiary/aromatic N) is 1. The average molecular weight is 145 g/mol. The van der Waals surface area contributed by atoms with Crippen LogP contribution < -0.4 is 11.3 Å². The molecule has 62 valence electrons. The minimum atomic E-state index is 0.106. The molecule has 0 amide bonds. The maximum atomic E-state index is 5.32. The van der Waals surface area contributed by atoms with Gasteiger partial charge in [-0.25, -0.2) is 0 Å². The highest BCUT2D eigenvalue weighted by Crippen LogP contribution is 2.13. The van der Waals surface area contributed by atoms with Crippen molar-refractivity contribution >= 4 is 0 Å². The van der Waals surface area contributed by atoms with Crippen molar-refractivity contribution in [2.45, 2.75) is 32.4 Å². The summed E-state index contributed by atoms with van der Waals surface area (Å²) in [6.45, 7) is 6.37. The van der Waals surface area contributed by atoms with E-state index in [9.17, 15) is 0 Å². The molecule has 3 N–H and O–H groups in total. The molecule has 0 aliphatic rings. The van der Waals surface area contributed by atoms with E-state index in [1.807, 2.05) is 14.1 Å². The van der Waals surface area contributed by atoms with Crippen molar-refractivity contribution in [3.05, 3.63) is 0 Å². The molecule has 0 aromatic heterocycles. The molecule has 10 heavy (non-hydrogen) atoms. The summed E-state index contributed by atoms with van der Waals surface area (Å²) in [5.41, 5.74) is 2.85. The topological polar surface area (TPSA) is 41.3 Å². The number of nitrogens with one attached hydrogen (secondary N) is 1. The van der Waals surface area contributed by atoms with Crippen molar-refractivity contribution in [3.8, 4) is 0 Å². The summed E-state index contributed by atoms with van der Waals surface area (Å²) < 4.78 is 0. The molecule has 0 aromatic carbocycles. The zero-order valence-electron chi connectivity index (χ0n) is 7.60. The van der Waals surface area contributed by atoms with Crippen molar-refractivity contribution in [2.75, 3.05) is 14.1 Å². The maximum absolute atomic E-state index is 5.32. The van der Waals surface area contributed by atoms with Gasteiger partial charge >= 0.3 is 0 Å². The molecule has 0 saturated heterocycles. The Hall–Kier alpha value is -0.120. The summed E-state index contributed by atoms with van der Waals surface area (Å²) in [5, 5.41) is 0. The van der Waals surface area contributed by atoms with Gasteiger partial charge in [-0.2, -0.15) is 0 Å². The third-order valence-electron chi connectivity index (χ3n) is 2.46. The first kappa shape index (κ1) is 9.88. The maximum Gasteiger partial charge on any atom is 0.0360 e. The number of hydrogen-bond acceptors (Lipinski definition) is 3. The smallest absolute Gasteiger partial charge is 0.0360 e. The molecule has 0 aromatic rings. The van der Waals surface area contributed by atoms with Crippen LogP contribution in [0, 0.1) is 0 Å². The third-order valence-corrected chi connectivity index (χ3v) is 2.46. The SMILES string of the molecule is CC(NN)C(C)(C)N(C)C. The zero-order valence-corrected chi connectivity index (χ0v) is 7.60. The van der Waals surface area contributed by atoms with Crippen molar-refractivity contribution in [1.29, 1.82) is 0 Å². The Morgan fingerprint density at radius 1 is 1.40 bits per heavy atom. The van der Waals surface area contributed by atoms with Gasteiger partial charge in [0, 0.05) is 11.6 Å². The van der Waals surface area contributed by atoms with E-state index in [4.69, 9.17) is 5.84 Å². The van der Waals surface area contributed by atoms with Crippen molar-refractivity contribution in [3.63, 3.8) is 0 Å². The number of nitrogens with two attached hydrogens (primary N) is 1. The van der Waals surface area contributed by atoms with E-state index in [0.717, 1.165) is 0 Å². The molecule has 1 atom stereocenters. The Morgan fingerprint density at radius 2 is 1.80 bits per heavy atom. The molecule has 1 unspecified atom stereocenters. The Labute approximate surface area is 63.5 Å². The molecule has 0 rings (SSSR count). The van der Waals surface area contributed by atoms with Crippen molar-refractivity contribution in [2.24, 2.45) is 5.84 Å². The van der Waals surface area contributed by atoms with Crippen LogP contribution in [0.5, 0.6) is 0 Å². The normalized spacial score (nSPS) is 15.9. The second-order valence-corrected chi connectivity index (χ2v) is 3.44. The molecule has 0 fully saturated rings.